The number of rotatable bonds is 2. The molecule has 0 aliphatic heterocycles. The van der Waals surface area contributed by atoms with E-state index in [1.165, 1.54) is 0 Å². The van der Waals surface area contributed by atoms with Crippen molar-refractivity contribution in [3.05, 3.63) is 30.2 Å². The fraction of sp³-hybridized carbons (Fsp3) is 0.182. The first kappa shape index (κ1) is 10.4. The van der Waals surface area contributed by atoms with Crippen LogP contribution in [-0.2, 0) is 0 Å². The molecule has 0 atom stereocenters. The maximum absolute atomic E-state index is 5.95. The van der Waals surface area contributed by atoms with Gasteiger partial charge in [-0.1, -0.05) is 0 Å². The van der Waals surface area contributed by atoms with Crippen molar-refractivity contribution in [3.8, 4) is 17.3 Å². The fourth-order valence-electron chi connectivity index (χ4n) is 1.40. The number of anilines is 1. The smallest absolute Gasteiger partial charge is 0.242 e. The Morgan fingerprint density at radius 3 is 2.50 bits per heavy atom. The standard InChI is InChI=1S/C11H12N4O/c1-7-3-4-13-9(8(7)12)10-11(16-2)15-6-5-14-10/h3-6H,12H2,1-2H3. The number of aryl methyl sites for hydroxylation is 1. The number of nitrogen functional groups attached to an aromatic ring is 1. The van der Waals surface area contributed by atoms with Gasteiger partial charge in [-0.25, -0.2) is 9.97 Å². The quantitative estimate of drug-likeness (QED) is 0.822. The molecule has 0 saturated heterocycles. The van der Waals surface area contributed by atoms with Crippen LogP contribution in [0.1, 0.15) is 5.56 Å². The summed E-state index contributed by atoms with van der Waals surface area (Å²) >= 11 is 0. The van der Waals surface area contributed by atoms with E-state index in [1.54, 1.807) is 25.7 Å². The molecule has 5 heteroatoms. The highest BCUT2D eigenvalue weighted by atomic mass is 16.5. The van der Waals surface area contributed by atoms with E-state index < -0.39 is 0 Å². The van der Waals surface area contributed by atoms with E-state index in [4.69, 9.17) is 10.5 Å². The van der Waals surface area contributed by atoms with Crippen LogP contribution in [-0.4, -0.2) is 22.1 Å². The number of methoxy groups -OCH3 is 1. The Hall–Kier alpha value is -2.17. The van der Waals surface area contributed by atoms with Crippen molar-refractivity contribution in [2.24, 2.45) is 0 Å². The van der Waals surface area contributed by atoms with Crippen LogP contribution in [0.15, 0.2) is 24.7 Å². The Bertz CT molecular complexity index is 513. The second kappa shape index (κ2) is 4.14. The van der Waals surface area contributed by atoms with Crippen molar-refractivity contribution < 1.29 is 4.74 Å². The molecule has 2 aromatic heterocycles. The van der Waals surface area contributed by atoms with E-state index >= 15 is 0 Å². The van der Waals surface area contributed by atoms with Gasteiger partial charge in [-0.15, -0.1) is 0 Å². The average molecular weight is 216 g/mol. The fourth-order valence-corrected chi connectivity index (χ4v) is 1.40. The molecule has 0 aliphatic carbocycles. The van der Waals surface area contributed by atoms with Crippen LogP contribution in [0.3, 0.4) is 0 Å². The predicted molar refractivity (Wildman–Crippen MR) is 61.0 cm³/mol. The molecule has 0 aliphatic rings. The largest absolute Gasteiger partial charge is 0.479 e. The SMILES string of the molecule is COc1nccnc1-c1nccc(C)c1N. The molecular formula is C11H12N4O. The average Bonchev–Trinajstić information content (AvgIpc) is 2.33. The molecule has 2 rings (SSSR count). The minimum atomic E-state index is 0.423. The zero-order chi connectivity index (χ0) is 11.5. The minimum absolute atomic E-state index is 0.423. The second-order valence-corrected chi connectivity index (χ2v) is 3.30. The van der Waals surface area contributed by atoms with Gasteiger partial charge in [0.25, 0.3) is 0 Å². The third kappa shape index (κ3) is 1.67. The summed E-state index contributed by atoms with van der Waals surface area (Å²) in [5.41, 5.74) is 8.67. The molecule has 0 bridgehead atoms. The monoisotopic (exact) mass is 216 g/mol. The van der Waals surface area contributed by atoms with Crippen LogP contribution >= 0.6 is 0 Å². The molecule has 82 valence electrons. The van der Waals surface area contributed by atoms with Crippen molar-refractivity contribution in [2.75, 3.05) is 12.8 Å². The lowest BCUT2D eigenvalue weighted by Crippen LogP contribution is -2.00. The summed E-state index contributed by atoms with van der Waals surface area (Å²) in [6.45, 7) is 1.92. The lowest BCUT2D eigenvalue weighted by atomic mass is 10.1. The summed E-state index contributed by atoms with van der Waals surface area (Å²) < 4.78 is 5.13. The van der Waals surface area contributed by atoms with Gasteiger partial charge in [0.15, 0.2) is 5.69 Å². The summed E-state index contributed by atoms with van der Waals surface area (Å²) in [7, 11) is 1.54. The predicted octanol–water partition coefficient (Wildman–Crippen LogP) is 1.44. The summed E-state index contributed by atoms with van der Waals surface area (Å²) in [6.07, 6.45) is 4.84. The maximum Gasteiger partial charge on any atom is 0.242 e. The van der Waals surface area contributed by atoms with E-state index in [9.17, 15) is 0 Å². The highest BCUT2D eigenvalue weighted by Crippen LogP contribution is 2.29. The van der Waals surface area contributed by atoms with E-state index in [0.717, 1.165) is 5.56 Å². The first-order valence-electron chi connectivity index (χ1n) is 4.80. The van der Waals surface area contributed by atoms with Crippen LogP contribution in [0.2, 0.25) is 0 Å². The molecule has 2 heterocycles. The van der Waals surface area contributed by atoms with Gasteiger partial charge >= 0.3 is 0 Å². The lowest BCUT2D eigenvalue weighted by Gasteiger charge is -2.08. The van der Waals surface area contributed by atoms with E-state index in [0.29, 0.717) is 23.0 Å². The number of nitrogens with zero attached hydrogens (tertiary/aromatic N) is 3. The summed E-state index contributed by atoms with van der Waals surface area (Å²) in [5, 5.41) is 0. The molecule has 0 unspecified atom stereocenters. The van der Waals surface area contributed by atoms with Gasteiger partial charge < -0.3 is 10.5 Å². The zero-order valence-electron chi connectivity index (χ0n) is 9.14. The van der Waals surface area contributed by atoms with Crippen molar-refractivity contribution in [1.29, 1.82) is 0 Å². The molecule has 0 spiro atoms. The Kier molecular flexibility index (Phi) is 2.68. The van der Waals surface area contributed by atoms with Crippen molar-refractivity contribution in [3.63, 3.8) is 0 Å². The van der Waals surface area contributed by atoms with Crippen LogP contribution in [0, 0.1) is 6.92 Å². The Morgan fingerprint density at radius 1 is 1.06 bits per heavy atom. The summed E-state index contributed by atoms with van der Waals surface area (Å²) in [4.78, 5) is 12.5. The first-order valence-corrected chi connectivity index (χ1v) is 4.80. The minimum Gasteiger partial charge on any atom is -0.479 e. The number of aromatic nitrogens is 3. The van der Waals surface area contributed by atoms with E-state index in [1.807, 2.05) is 13.0 Å². The molecular weight excluding hydrogens is 204 g/mol. The lowest BCUT2D eigenvalue weighted by molar-refractivity contribution is 0.397. The topological polar surface area (TPSA) is 73.9 Å². The highest BCUT2D eigenvalue weighted by Gasteiger charge is 2.13. The van der Waals surface area contributed by atoms with Crippen LogP contribution in [0.5, 0.6) is 5.88 Å². The normalized spacial score (nSPS) is 10.1. The van der Waals surface area contributed by atoms with Crippen molar-refractivity contribution in [1.82, 2.24) is 15.0 Å². The van der Waals surface area contributed by atoms with E-state index in [2.05, 4.69) is 15.0 Å². The molecule has 2 N–H and O–H groups in total. The Balaban J connectivity index is 2.63. The third-order valence-corrected chi connectivity index (χ3v) is 2.29. The van der Waals surface area contributed by atoms with Crippen LogP contribution in [0.25, 0.3) is 11.4 Å². The number of pyridine rings is 1. The number of hydrogen-bond donors (Lipinski definition) is 1. The Labute approximate surface area is 93.3 Å². The van der Waals surface area contributed by atoms with Gasteiger partial charge in [-0.05, 0) is 18.6 Å². The molecule has 5 nitrogen and oxygen atoms in total. The molecule has 2 aromatic rings. The zero-order valence-corrected chi connectivity index (χ0v) is 9.14. The van der Waals surface area contributed by atoms with E-state index in [-0.39, 0.29) is 0 Å². The molecule has 16 heavy (non-hydrogen) atoms. The third-order valence-electron chi connectivity index (χ3n) is 2.29. The van der Waals surface area contributed by atoms with Crippen LogP contribution in [0.4, 0.5) is 5.69 Å². The number of hydrogen-bond acceptors (Lipinski definition) is 5. The first-order chi connectivity index (χ1) is 7.74. The van der Waals surface area contributed by atoms with Gasteiger partial charge in [-0.3, -0.25) is 4.98 Å². The number of ether oxygens (including phenoxy) is 1. The van der Waals surface area contributed by atoms with Gasteiger partial charge in [0, 0.05) is 18.6 Å². The molecule has 0 saturated carbocycles. The molecule has 0 radical (unpaired) electrons. The molecule has 0 aromatic carbocycles. The van der Waals surface area contributed by atoms with Gasteiger partial charge in [0.2, 0.25) is 5.88 Å². The summed E-state index contributed by atoms with van der Waals surface area (Å²) in [5.74, 6) is 0.423. The maximum atomic E-state index is 5.95. The van der Waals surface area contributed by atoms with Gasteiger partial charge in [-0.2, -0.15) is 0 Å². The van der Waals surface area contributed by atoms with Crippen molar-refractivity contribution in [2.45, 2.75) is 6.92 Å². The van der Waals surface area contributed by atoms with Gasteiger partial charge in [0.1, 0.15) is 5.69 Å². The Morgan fingerprint density at radius 2 is 1.75 bits per heavy atom. The van der Waals surface area contributed by atoms with Gasteiger partial charge in [0.05, 0.1) is 12.8 Å². The highest BCUT2D eigenvalue weighted by molar-refractivity contribution is 5.74. The number of nitrogens with two attached hydrogens (primary N) is 1. The second-order valence-electron chi connectivity index (χ2n) is 3.30. The molecule has 0 amide bonds. The summed E-state index contributed by atoms with van der Waals surface area (Å²) in [6, 6.07) is 1.85. The van der Waals surface area contributed by atoms with Crippen molar-refractivity contribution >= 4 is 5.69 Å². The van der Waals surface area contributed by atoms with Crippen LogP contribution < -0.4 is 10.5 Å². The molecule has 0 fully saturated rings.